The van der Waals surface area contributed by atoms with Gasteiger partial charge in [0.25, 0.3) is 0 Å². The van der Waals surface area contributed by atoms with E-state index in [4.69, 9.17) is 0 Å². The second-order valence-electron chi connectivity index (χ2n) is 3.43. The lowest BCUT2D eigenvalue weighted by Gasteiger charge is -2.20. The summed E-state index contributed by atoms with van der Waals surface area (Å²) in [7, 11) is 0. The summed E-state index contributed by atoms with van der Waals surface area (Å²) in [5, 5.41) is 0. The molecule has 1 nitrogen and oxygen atoms in total. The Kier molecular flexibility index (Phi) is 2.68. The van der Waals surface area contributed by atoms with Crippen LogP contribution in [0.3, 0.4) is 0 Å². The van der Waals surface area contributed by atoms with Gasteiger partial charge >= 0.3 is 0 Å². The zero-order valence-corrected chi connectivity index (χ0v) is 8.48. The molecule has 2 rings (SSSR count). The third-order valence-corrected chi connectivity index (χ3v) is 2.52. The van der Waals surface area contributed by atoms with Gasteiger partial charge in [-0.3, -0.25) is 0 Å². The Labute approximate surface area is 85.4 Å². The lowest BCUT2D eigenvalue weighted by molar-refractivity contribution is 0.437. The molecule has 1 aliphatic heterocycles. The van der Waals surface area contributed by atoms with Gasteiger partial charge in [-0.1, -0.05) is 36.4 Å². The van der Waals surface area contributed by atoms with Crippen LogP contribution in [0.2, 0.25) is 0 Å². The van der Waals surface area contributed by atoms with Gasteiger partial charge in [0.2, 0.25) is 0 Å². The van der Waals surface area contributed by atoms with E-state index >= 15 is 0 Å². The van der Waals surface area contributed by atoms with Crippen molar-refractivity contribution in [2.75, 3.05) is 13.1 Å². The van der Waals surface area contributed by atoms with Crippen molar-refractivity contribution in [1.82, 2.24) is 4.90 Å². The monoisotopic (exact) mass is 185 g/mol. The van der Waals surface area contributed by atoms with Crippen molar-refractivity contribution in [3.05, 3.63) is 54.2 Å². The summed E-state index contributed by atoms with van der Waals surface area (Å²) in [6.07, 6.45) is 6.63. The van der Waals surface area contributed by atoms with Crippen LogP contribution in [0, 0.1) is 0 Å². The highest BCUT2D eigenvalue weighted by atomic mass is 15.1. The van der Waals surface area contributed by atoms with Crippen molar-refractivity contribution >= 4 is 5.57 Å². The van der Waals surface area contributed by atoms with E-state index in [-0.39, 0.29) is 0 Å². The minimum Gasteiger partial charge on any atom is -0.374 e. The molecule has 0 atom stereocenters. The van der Waals surface area contributed by atoms with Crippen LogP contribution in [0.25, 0.3) is 5.57 Å². The standard InChI is InChI=1S/C13H15N/c1-2-14-10-8-13(9-11-14)12-6-4-3-5-7-12/h3-10H,2,11H2,1H3. The molecule has 0 N–H and O–H groups in total. The van der Waals surface area contributed by atoms with E-state index in [1.807, 2.05) is 0 Å². The molecule has 1 heteroatoms. The molecule has 0 radical (unpaired) electrons. The maximum atomic E-state index is 2.28. The number of allylic oxidation sites excluding steroid dienone is 2. The molecule has 0 spiro atoms. The molecule has 1 aromatic rings. The van der Waals surface area contributed by atoms with E-state index in [9.17, 15) is 0 Å². The Hall–Kier alpha value is -1.50. The number of hydrogen-bond acceptors (Lipinski definition) is 1. The Morgan fingerprint density at radius 3 is 2.57 bits per heavy atom. The number of benzene rings is 1. The fourth-order valence-electron chi connectivity index (χ4n) is 1.61. The molecule has 0 aromatic heterocycles. The molecule has 0 fully saturated rings. The Morgan fingerprint density at radius 1 is 1.21 bits per heavy atom. The third kappa shape index (κ3) is 1.87. The number of nitrogens with zero attached hydrogens (tertiary/aromatic N) is 1. The molecule has 0 saturated heterocycles. The van der Waals surface area contributed by atoms with Gasteiger partial charge in [-0.05, 0) is 30.3 Å². The number of likely N-dealkylation sites (N-methyl/N-ethyl adjacent to an activating group) is 1. The largest absolute Gasteiger partial charge is 0.374 e. The smallest absolute Gasteiger partial charge is 0.0362 e. The van der Waals surface area contributed by atoms with Crippen molar-refractivity contribution in [2.45, 2.75) is 6.92 Å². The minimum absolute atomic E-state index is 1.03. The van der Waals surface area contributed by atoms with Crippen molar-refractivity contribution < 1.29 is 0 Å². The van der Waals surface area contributed by atoms with E-state index < -0.39 is 0 Å². The molecule has 1 aromatic carbocycles. The average molecular weight is 185 g/mol. The first-order valence-electron chi connectivity index (χ1n) is 5.08. The maximum Gasteiger partial charge on any atom is 0.0362 e. The quantitative estimate of drug-likeness (QED) is 0.684. The minimum atomic E-state index is 1.03. The molecule has 0 amide bonds. The highest BCUT2D eigenvalue weighted by Crippen LogP contribution is 2.18. The first kappa shape index (κ1) is 9.07. The zero-order valence-electron chi connectivity index (χ0n) is 8.48. The Bertz CT molecular complexity index is 349. The lowest BCUT2D eigenvalue weighted by Crippen LogP contribution is -2.18. The van der Waals surface area contributed by atoms with Gasteiger partial charge in [-0.2, -0.15) is 0 Å². The molecule has 1 aliphatic rings. The molecule has 0 aliphatic carbocycles. The summed E-state index contributed by atoms with van der Waals surface area (Å²) >= 11 is 0. The van der Waals surface area contributed by atoms with Crippen LogP contribution < -0.4 is 0 Å². The number of rotatable bonds is 2. The summed E-state index contributed by atoms with van der Waals surface area (Å²) < 4.78 is 0. The van der Waals surface area contributed by atoms with Gasteiger partial charge < -0.3 is 4.90 Å². The van der Waals surface area contributed by atoms with Gasteiger partial charge in [0, 0.05) is 13.1 Å². The van der Waals surface area contributed by atoms with Gasteiger partial charge in [-0.25, -0.2) is 0 Å². The maximum absolute atomic E-state index is 2.28. The van der Waals surface area contributed by atoms with Crippen LogP contribution in [0.15, 0.2) is 48.7 Å². The van der Waals surface area contributed by atoms with Crippen LogP contribution in [0.4, 0.5) is 0 Å². The topological polar surface area (TPSA) is 3.24 Å². The highest BCUT2D eigenvalue weighted by molar-refractivity contribution is 5.74. The number of hydrogen-bond donors (Lipinski definition) is 0. The van der Waals surface area contributed by atoms with Crippen LogP contribution in [0.5, 0.6) is 0 Å². The van der Waals surface area contributed by atoms with E-state index in [1.165, 1.54) is 11.1 Å². The van der Waals surface area contributed by atoms with Gasteiger partial charge in [-0.15, -0.1) is 0 Å². The second kappa shape index (κ2) is 4.14. The van der Waals surface area contributed by atoms with E-state index in [0.29, 0.717) is 0 Å². The van der Waals surface area contributed by atoms with Crippen molar-refractivity contribution in [1.29, 1.82) is 0 Å². The molecule has 0 unspecified atom stereocenters. The predicted molar refractivity (Wildman–Crippen MR) is 60.8 cm³/mol. The van der Waals surface area contributed by atoms with Gasteiger partial charge in [0.15, 0.2) is 0 Å². The van der Waals surface area contributed by atoms with Gasteiger partial charge in [0.1, 0.15) is 0 Å². The molecular formula is C13H15N. The fourth-order valence-corrected chi connectivity index (χ4v) is 1.61. The second-order valence-corrected chi connectivity index (χ2v) is 3.43. The summed E-state index contributed by atoms with van der Waals surface area (Å²) in [6.45, 7) is 4.28. The van der Waals surface area contributed by atoms with Crippen molar-refractivity contribution in [2.24, 2.45) is 0 Å². The summed E-state index contributed by atoms with van der Waals surface area (Å²) in [4.78, 5) is 2.28. The average Bonchev–Trinajstić information content (AvgIpc) is 2.30. The molecule has 0 saturated carbocycles. The van der Waals surface area contributed by atoms with Crippen molar-refractivity contribution in [3.63, 3.8) is 0 Å². The SMILES string of the molecule is CCN1C=CC(c2ccccc2)=CC1. The summed E-state index contributed by atoms with van der Waals surface area (Å²) in [5.74, 6) is 0. The first-order chi connectivity index (χ1) is 6.90. The third-order valence-electron chi connectivity index (χ3n) is 2.52. The summed E-state index contributed by atoms with van der Waals surface area (Å²) in [5.41, 5.74) is 2.63. The normalized spacial score (nSPS) is 15.5. The van der Waals surface area contributed by atoms with E-state index in [1.54, 1.807) is 0 Å². The highest BCUT2D eigenvalue weighted by Gasteiger charge is 2.03. The van der Waals surface area contributed by atoms with Crippen LogP contribution in [0.1, 0.15) is 12.5 Å². The van der Waals surface area contributed by atoms with Gasteiger partial charge in [0.05, 0.1) is 0 Å². The Balaban J connectivity index is 2.16. The van der Waals surface area contributed by atoms with Crippen molar-refractivity contribution in [3.8, 4) is 0 Å². The van der Waals surface area contributed by atoms with Crippen LogP contribution >= 0.6 is 0 Å². The van der Waals surface area contributed by atoms with Crippen LogP contribution in [-0.2, 0) is 0 Å². The predicted octanol–water partition coefficient (Wildman–Crippen LogP) is 2.92. The first-order valence-corrected chi connectivity index (χ1v) is 5.08. The molecule has 1 heterocycles. The molecular weight excluding hydrogens is 170 g/mol. The molecule has 0 bridgehead atoms. The zero-order chi connectivity index (χ0) is 9.80. The molecule has 72 valence electrons. The Morgan fingerprint density at radius 2 is 2.00 bits per heavy atom. The van der Waals surface area contributed by atoms with E-state index in [2.05, 4.69) is 60.5 Å². The van der Waals surface area contributed by atoms with E-state index in [0.717, 1.165) is 13.1 Å². The lowest BCUT2D eigenvalue weighted by atomic mass is 10.0. The van der Waals surface area contributed by atoms with Crippen LogP contribution in [-0.4, -0.2) is 18.0 Å². The molecule has 14 heavy (non-hydrogen) atoms. The fraction of sp³-hybridized carbons (Fsp3) is 0.231. The summed E-state index contributed by atoms with van der Waals surface area (Å²) in [6, 6.07) is 10.5.